The molecular weight excluding hydrogens is 439 g/mol. The number of hydrogen-bond donors (Lipinski definition) is 0. The molecule has 0 radical (unpaired) electrons. The van der Waals surface area contributed by atoms with Gasteiger partial charge in [-0.15, -0.1) is 0 Å². The van der Waals surface area contributed by atoms with Crippen LogP contribution < -0.4 is 0 Å². The summed E-state index contributed by atoms with van der Waals surface area (Å²) in [5, 5.41) is 8.52. The fourth-order valence-electron chi connectivity index (χ4n) is 2.47. The summed E-state index contributed by atoms with van der Waals surface area (Å²) in [6.45, 7) is 4.50. The zero-order valence-electron chi connectivity index (χ0n) is 13.4. The van der Waals surface area contributed by atoms with Crippen LogP contribution in [0.4, 0.5) is 0 Å². The van der Waals surface area contributed by atoms with E-state index in [-0.39, 0.29) is 0 Å². The summed E-state index contributed by atoms with van der Waals surface area (Å²) >= 11 is -1.77. The molecule has 0 saturated heterocycles. The maximum atomic E-state index is 5.67. The minimum atomic E-state index is -2.70. The van der Waals surface area contributed by atoms with Crippen LogP contribution in [0.2, 0.25) is 15.9 Å². The van der Waals surface area contributed by atoms with Gasteiger partial charge in [-0.1, -0.05) is 0 Å². The van der Waals surface area contributed by atoms with Gasteiger partial charge in [-0.3, -0.25) is 0 Å². The van der Waals surface area contributed by atoms with Gasteiger partial charge in [0.2, 0.25) is 0 Å². The van der Waals surface area contributed by atoms with Crippen LogP contribution in [0.5, 0.6) is 0 Å². The number of rotatable bonds is 6. The molecule has 116 valence electrons. The first-order valence-corrected chi connectivity index (χ1v) is 15.9. The van der Waals surface area contributed by atoms with Crippen LogP contribution in [0.3, 0.4) is 0 Å². The van der Waals surface area contributed by atoms with E-state index in [9.17, 15) is 0 Å². The minimum absolute atomic E-state index is 0.485. The zero-order chi connectivity index (χ0) is 14.8. The van der Waals surface area contributed by atoms with Crippen molar-refractivity contribution in [3.63, 3.8) is 0 Å². The standard InChI is InChI=1S/C11H19O3Si.3CH3.Pt/c1-9(2)10-7-6-8-11(10)15(12-3,13-4)14-5;;;;/h8-9H,6H2,1-5H3;3*1H3;. The van der Waals surface area contributed by atoms with Crippen LogP contribution in [0.25, 0.3) is 0 Å². The molecule has 0 atom stereocenters. The van der Waals surface area contributed by atoms with Crippen molar-refractivity contribution < 1.29 is 29.3 Å². The van der Waals surface area contributed by atoms with Gasteiger partial charge in [0, 0.05) is 0 Å². The predicted molar refractivity (Wildman–Crippen MR) is 78.9 cm³/mol. The molecule has 0 saturated carbocycles. The molecule has 0 aliphatic heterocycles. The summed E-state index contributed by atoms with van der Waals surface area (Å²) in [4.78, 5) is 0. The quantitative estimate of drug-likeness (QED) is 0.554. The summed E-state index contributed by atoms with van der Waals surface area (Å²) in [7, 11) is 2.37. The van der Waals surface area contributed by atoms with Gasteiger partial charge in [0.25, 0.3) is 0 Å². The van der Waals surface area contributed by atoms with Crippen molar-refractivity contribution >= 4 is 8.80 Å². The Bertz CT molecular complexity index is 382. The van der Waals surface area contributed by atoms with E-state index in [1.807, 2.05) is 0 Å². The van der Waals surface area contributed by atoms with Gasteiger partial charge in [-0.05, 0) is 0 Å². The van der Waals surface area contributed by atoms with Gasteiger partial charge in [0.05, 0.1) is 0 Å². The average molecular weight is 468 g/mol. The van der Waals surface area contributed by atoms with Crippen molar-refractivity contribution in [1.29, 1.82) is 0 Å². The second kappa shape index (κ2) is 6.36. The van der Waals surface area contributed by atoms with E-state index in [1.54, 1.807) is 25.3 Å². The van der Waals surface area contributed by atoms with E-state index in [4.69, 9.17) is 13.3 Å². The van der Waals surface area contributed by atoms with Crippen molar-refractivity contribution in [2.45, 2.75) is 36.2 Å². The Balaban J connectivity index is 3.34. The second-order valence-electron chi connectivity index (χ2n) is 5.35. The maximum absolute atomic E-state index is 5.67. The van der Waals surface area contributed by atoms with Crippen LogP contribution in [0.1, 0.15) is 20.3 Å². The molecule has 1 rings (SSSR count). The second-order valence-corrected chi connectivity index (χ2v) is 19.8. The monoisotopic (exact) mass is 467 g/mol. The molecule has 0 amide bonds. The molecule has 5 heteroatoms. The molecule has 0 aromatic carbocycles. The molecule has 0 N–H and O–H groups in total. The van der Waals surface area contributed by atoms with E-state index in [1.165, 1.54) is 10.8 Å². The van der Waals surface area contributed by atoms with Crippen LogP contribution in [0.15, 0.2) is 20.8 Å². The summed E-state index contributed by atoms with van der Waals surface area (Å²) in [5.74, 6) is 0.485. The van der Waals surface area contributed by atoms with Crippen molar-refractivity contribution in [2.75, 3.05) is 21.3 Å². The van der Waals surface area contributed by atoms with E-state index in [0.29, 0.717) is 5.92 Å². The Hall–Kier alpha value is 0.265. The summed E-state index contributed by atoms with van der Waals surface area (Å²) in [6.07, 6.45) is 3.33. The van der Waals surface area contributed by atoms with Crippen molar-refractivity contribution in [3.8, 4) is 0 Å². The van der Waals surface area contributed by atoms with Crippen LogP contribution in [-0.4, -0.2) is 30.1 Å². The molecule has 1 aliphatic rings. The fraction of sp³-hybridized carbons (Fsp3) is 0.714. The molecule has 0 spiro atoms. The van der Waals surface area contributed by atoms with Crippen molar-refractivity contribution in [2.24, 2.45) is 5.92 Å². The zero-order valence-corrected chi connectivity index (χ0v) is 16.7. The van der Waals surface area contributed by atoms with Gasteiger partial charge in [0.1, 0.15) is 0 Å². The number of allylic oxidation sites excluding steroid dienone is 4. The molecule has 0 heterocycles. The molecule has 0 bridgehead atoms. The van der Waals surface area contributed by atoms with Gasteiger partial charge in [-0.25, -0.2) is 0 Å². The van der Waals surface area contributed by atoms with Gasteiger partial charge < -0.3 is 0 Å². The summed E-state index contributed by atoms with van der Waals surface area (Å²) in [5.41, 5.74) is 1.45. The third-order valence-electron chi connectivity index (χ3n) is 3.32. The van der Waals surface area contributed by atoms with Crippen molar-refractivity contribution in [1.82, 2.24) is 0 Å². The van der Waals surface area contributed by atoms with E-state index >= 15 is 0 Å². The first-order valence-electron chi connectivity index (χ1n) is 6.19. The van der Waals surface area contributed by atoms with E-state index in [0.717, 1.165) is 6.42 Å². The molecule has 0 unspecified atom stereocenters. The molecular formula is C14H28O3PtSi. The Kier molecular flexibility index (Phi) is 5.79. The van der Waals surface area contributed by atoms with Gasteiger partial charge in [-0.2, -0.15) is 0 Å². The molecule has 0 aromatic rings. The van der Waals surface area contributed by atoms with E-state index in [2.05, 4.69) is 35.9 Å². The Labute approximate surface area is 122 Å². The number of hydrogen-bond acceptors (Lipinski definition) is 3. The van der Waals surface area contributed by atoms with Crippen molar-refractivity contribution in [3.05, 3.63) is 20.8 Å². The molecule has 0 aromatic heterocycles. The topological polar surface area (TPSA) is 27.7 Å². The van der Waals surface area contributed by atoms with E-state index < -0.39 is 24.9 Å². The average Bonchev–Trinajstić information content (AvgIpc) is 2.77. The molecule has 19 heavy (non-hydrogen) atoms. The third-order valence-corrected chi connectivity index (χ3v) is 11.3. The molecule has 3 nitrogen and oxygen atoms in total. The van der Waals surface area contributed by atoms with Crippen LogP contribution in [-0.2, 0) is 29.3 Å². The van der Waals surface area contributed by atoms with Gasteiger partial charge in [0.15, 0.2) is 0 Å². The fourth-order valence-corrected chi connectivity index (χ4v) is 9.43. The van der Waals surface area contributed by atoms with Gasteiger partial charge >= 0.3 is 122 Å². The Morgan fingerprint density at radius 3 is 1.84 bits per heavy atom. The molecule has 0 fully saturated rings. The summed E-state index contributed by atoms with van der Waals surface area (Å²) < 4.78 is 18.7. The normalized spacial score (nSPS) is 18.3. The SMILES string of the molecule is CO[Si](OC)(OC)C1=CC[C]([Pt]([CH3])([CH3])[CH3])=C1C(C)C. The molecule has 1 aliphatic carbocycles. The predicted octanol–water partition coefficient (Wildman–Crippen LogP) is 3.94. The van der Waals surface area contributed by atoms with Crippen LogP contribution >= 0.6 is 0 Å². The Morgan fingerprint density at radius 1 is 1.05 bits per heavy atom. The Morgan fingerprint density at radius 2 is 1.53 bits per heavy atom. The van der Waals surface area contributed by atoms with Crippen LogP contribution in [0, 0.1) is 5.92 Å². The third kappa shape index (κ3) is 3.30. The summed E-state index contributed by atoms with van der Waals surface area (Å²) in [6, 6.07) is 0. The first kappa shape index (κ1) is 17.3. The first-order chi connectivity index (χ1) is 8.73.